The summed E-state index contributed by atoms with van der Waals surface area (Å²) in [6.45, 7) is 1.90. The third-order valence-corrected chi connectivity index (χ3v) is 3.74. The van der Waals surface area contributed by atoms with Gasteiger partial charge in [-0.15, -0.1) is 0 Å². The minimum Gasteiger partial charge on any atom is -0.469 e. The average Bonchev–Trinajstić information content (AvgIpc) is 2.14. The third-order valence-electron chi connectivity index (χ3n) is 3.74. The number of hydrogen-bond acceptors (Lipinski definition) is 3. The molecule has 1 saturated carbocycles. The Morgan fingerprint density at radius 1 is 1.29 bits per heavy atom. The van der Waals surface area contributed by atoms with Crippen molar-refractivity contribution >= 4 is 5.97 Å². The Hall–Kier alpha value is -0.570. The standard InChI is InChI=1S/C11H19NO2/c1-14-11(13)10-5-9(6-12-7-10)8-3-2-4-8/h8-10,12H,2-7H2,1H3. The van der Waals surface area contributed by atoms with Gasteiger partial charge in [0.2, 0.25) is 0 Å². The van der Waals surface area contributed by atoms with Gasteiger partial charge in [0.25, 0.3) is 0 Å². The fourth-order valence-corrected chi connectivity index (χ4v) is 2.59. The van der Waals surface area contributed by atoms with Crippen LogP contribution in [0.5, 0.6) is 0 Å². The molecule has 2 unspecified atom stereocenters. The number of methoxy groups -OCH3 is 1. The molecule has 0 radical (unpaired) electrons. The predicted molar refractivity (Wildman–Crippen MR) is 53.8 cm³/mol. The maximum absolute atomic E-state index is 11.4. The van der Waals surface area contributed by atoms with E-state index in [0.29, 0.717) is 5.92 Å². The van der Waals surface area contributed by atoms with Crippen LogP contribution in [-0.2, 0) is 9.53 Å². The van der Waals surface area contributed by atoms with Gasteiger partial charge in [0.1, 0.15) is 0 Å². The highest BCUT2D eigenvalue weighted by Gasteiger charge is 2.34. The lowest BCUT2D eigenvalue weighted by Crippen LogP contribution is -2.43. The van der Waals surface area contributed by atoms with Gasteiger partial charge in [0.15, 0.2) is 0 Å². The highest BCUT2D eigenvalue weighted by atomic mass is 16.5. The molecule has 1 heterocycles. The summed E-state index contributed by atoms with van der Waals surface area (Å²) in [5.74, 6) is 1.64. The summed E-state index contributed by atoms with van der Waals surface area (Å²) in [5, 5.41) is 3.35. The van der Waals surface area contributed by atoms with E-state index in [0.717, 1.165) is 25.4 Å². The molecule has 0 aromatic heterocycles. The number of carbonyl (C=O) groups excluding carboxylic acids is 1. The second-order valence-electron chi connectivity index (χ2n) is 4.57. The Morgan fingerprint density at radius 3 is 2.64 bits per heavy atom. The van der Waals surface area contributed by atoms with Gasteiger partial charge < -0.3 is 10.1 Å². The molecule has 1 aliphatic carbocycles. The molecule has 2 fully saturated rings. The van der Waals surface area contributed by atoms with E-state index in [9.17, 15) is 4.79 Å². The molecular weight excluding hydrogens is 178 g/mol. The van der Waals surface area contributed by atoms with E-state index < -0.39 is 0 Å². The zero-order chi connectivity index (χ0) is 9.97. The number of ether oxygens (including phenoxy) is 1. The van der Waals surface area contributed by atoms with Gasteiger partial charge in [0, 0.05) is 6.54 Å². The van der Waals surface area contributed by atoms with Crippen molar-refractivity contribution in [2.45, 2.75) is 25.7 Å². The number of hydrogen-bond donors (Lipinski definition) is 1. The molecule has 14 heavy (non-hydrogen) atoms. The van der Waals surface area contributed by atoms with Crippen LogP contribution >= 0.6 is 0 Å². The number of carbonyl (C=O) groups is 1. The summed E-state index contributed by atoms with van der Waals surface area (Å²) in [7, 11) is 1.48. The van der Waals surface area contributed by atoms with Crippen LogP contribution in [0.3, 0.4) is 0 Å². The van der Waals surface area contributed by atoms with Crippen LogP contribution in [0.15, 0.2) is 0 Å². The molecule has 2 atom stereocenters. The fourth-order valence-electron chi connectivity index (χ4n) is 2.59. The highest BCUT2D eigenvalue weighted by Crippen LogP contribution is 2.37. The molecule has 2 rings (SSSR count). The van der Waals surface area contributed by atoms with Gasteiger partial charge in [-0.1, -0.05) is 19.3 Å². The van der Waals surface area contributed by atoms with Crippen molar-refractivity contribution in [1.82, 2.24) is 5.32 Å². The maximum Gasteiger partial charge on any atom is 0.309 e. The van der Waals surface area contributed by atoms with E-state index in [1.807, 2.05) is 0 Å². The average molecular weight is 197 g/mol. The molecule has 2 aliphatic rings. The van der Waals surface area contributed by atoms with Crippen LogP contribution in [0.2, 0.25) is 0 Å². The topological polar surface area (TPSA) is 38.3 Å². The summed E-state index contributed by atoms with van der Waals surface area (Å²) in [4.78, 5) is 11.4. The second kappa shape index (κ2) is 4.30. The van der Waals surface area contributed by atoms with Crippen molar-refractivity contribution in [2.75, 3.05) is 20.2 Å². The van der Waals surface area contributed by atoms with Crippen LogP contribution in [-0.4, -0.2) is 26.2 Å². The molecule has 0 aromatic carbocycles. The van der Waals surface area contributed by atoms with E-state index in [4.69, 9.17) is 4.74 Å². The van der Waals surface area contributed by atoms with Gasteiger partial charge in [-0.3, -0.25) is 4.79 Å². The maximum atomic E-state index is 11.4. The third kappa shape index (κ3) is 1.92. The van der Waals surface area contributed by atoms with Gasteiger partial charge in [0.05, 0.1) is 13.0 Å². The Balaban J connectivity index is 1.86. The van der Waals surface area contributed by atoms with Crippen LogP contribution in [0.4, 0.5) is 0 Å². The smallest absolute Gasteiger partial charge is 0.309 e. The number of nitrogens with one attached hydrogen (secondary N) is 1. The highest BCUT2D eigenvalue weighted by molar-refractivity contribution is 5.72. The molecule has 3 heteroatoms. The molecule has 1 saturated heterocycles. The zero-order valence-electron chi connectivity index (χ0n) is 8.79. The van der Waals surface area contributed by atoms with Crippen molar-refractivity contribution in [3.8, 4) is 0 Å². The van der Waals surface area contributed by atoms with Crippen molar-refractivity contribution in [1.29, 1.82) is 0 Å². The molecule has 1 N–H and O–H groups in total. The lowest BCUT2D eigenvalue weighted by molar-refractivity contribution is -0.146. The Kier molecular flexibility index (Phi) is 3.06. The number of piperidine rings is 1. The van der Waals surface area contributed by atoms with E-state index in [-0.39, 0.29) is 11.9 Å². The van der Waals surface area contributed by atoms with Crippen molar-refractivity contribution in [3.05, 3.63) is 0 Å². The van der Waals surface area contributed by atoms with Crippen LogP contribution in [0, 0.1) is 17.8 Å². The molecule has 0 bridgehead atoms. The van der Waals surface area contributed by atoms with Gasteiger partial charge >= 0.3 is 5.97 Å². The number of rotatable bonds is 2. The van der Waals surface area contributed by atoms with Crippen LogP contribution in [0.25, 0.3) is 0 Å². The Morgan fingerprint density at radius 2 is 2.07 bits per heavy atom. The summed E-state index contributed by atoms with van der Waals surface area (Å²) >= 11 is 0. The first kappa shape index (κ1) is 9.97. The minimum atomic E-state index is -0.0403. The molecule has 3 nitrogen and oxygen atoms in total. The van der Waals surface area contributed by atoms with Gasteiger partial charge in [-0.25, -0.2) is 0 Å². The van der Waals surface area contributed by atoms with Crippen LogP contribution in [0.1, 0.15) is 25.7 Å². The lowest BCUT2D eigenvalue weighted by Gasteiger charge is -2.38. The Labute approximate surface area is 85.2 Å². The first-order valence-corrected chi connectivity index (χ1v) is 5.60. The summed E-state index contributed by atoms with van der Waals surface area (Å²) < 4.78 is 4.79. The molecule has 0 amide bonds. The van der Waals surface area contributed by atoms with Gasteiger partial charge in [-0.05, 0) is 24.8 Å². The number of esters is 1. The first-order chi connectivity index (χ1) is 6.81. The largest absolute Gasteiger partial charge is 0.469 e. The van der Waals surface area contributed by atoms with Crippen molar-refractivity contribution < 1.29 is 9.53 Å². The van der Waals surface area contributed by atoms with E-state index in [1.165, 1.54) is 26.4 Å². The molecule has 1 aliphatic heterocycles. The summed E-state index contributed by atoms with van der Waals surface area (Å²) in [6.07, 6.45) is 5.13. The van der Waals surface area contributed by atoms with E-state index in [1.54, 1.807) is 0 Å². The van der Waals surface area contributed by atoms with Crippen LogP contribution < -0.4 is 5.32 Å². The van der Waals surface area contributed by atoms with E-state index in [2.05, 4.69) is 5.32 Å². The molecular formula is C11H19NO2. The molecule has 0 aromatic rings. The van der Waals surface area contributed by atoms with Gasteiger partial charge in [-0.2, -0.15) is 0 Å². The summed E-state index contributed by atoms with van der Waals surface area (Å²) in [5.41, 5.74) is 0. The predicted octanol–water partition coefficient (Wildman–Crippen LogP) is 1.19. The SMILES string of the molecule is COC(=O)C1CNCC(C2CCC2)C1. The normalized spacial score (nSPS) is 33.5. The van der Waals surface area contributed by atoms with E-state index >= 15 is 0 Å². The quantitative estimate of drug-likeness (QED) is 0.676. The van der Waals surface area contributed by atoms with Crippen molar-refractivity contribution in [2.24, 2.45) is 17.8 Å². The monoisotopic (exact) mass is 197 g/mol. The fraction of sp³-hybridized carbons (Fsp3) is 0.909. The summed E-state index contributed by atoms with van der Waals surface area (Å²) in [6, 6.07) is 0. The lowest BCUT2D eigenvalue weighted by atomic mass is 9.71. The molecule has 0 spiro atoms. The molecule has 80 valence electrons. The van der Waals surface area contributed by atoms with Crippen molar-refractivity contribution in [3.63, 3.8) is 0 Å². The Bertz CT molecular complexity index is 213. The second-order valence-corrected chi connectivity index (χ2v) is 4.57. The zero-order valence-corrected chi connectivity index (χ0v) is 8.79. The minimum absolute atomic E-state index is 0.0403. The first-order valence-electron chi connectivity index (χ1n) is 5.60.